The first-order valence-electron chi connectivity index (χ1n) is 9.27. The highest BCUT2D eigenvalue weighted by molar-refractivity contribution is 6.30. The van der Waals surface area contributed by atoms with Crippen molar-refractivity contribution in [3.05, 3.63) is 64.7 Å². The fraction of sp³-hybridized carbons (Fsp3) is 0.333. The maximum Gasteiger partial charge on any atom is 0.254 e. The summed E-state index contributed by atoms with van der Waals surface area (Å²) in [5.74, 6) is 0.687. The second-order valence-electron chi connectivity index (χ2n) is 6.75. The van der Waals surface area contributed by atoms with Gasteiger partial charge in [0.1, 0.15) is 5.75 Å². The van der Waals surface area contributed by atoms with Crippen molar-refractivity contribution in [3.8, 4) is 5.75 Å². The van der Waals surface area contributed by atoms with E-state index >= 15 is 0 Å². The molecule has 0 aromatic heterocycles. The Bertz CT molecular complexity index is 785. The Hall–Kier alpha value is -2.41. The molecule has 0 atom stereocenters. The standard InChI is InChI=1S/C21H25ClN4O2/c1-28-20-8-4-17(5-9-20)14-23-24-21(27)16-26-12-10-25(11-13-26)15-18-2-6-19(22)7-3-18/h2-9,14H,10-13,15-16H2,1H3,(H,24,27). The molecule has 0 spiro atoms. The topological polar surface area (TPSA) is 57.2 Å². The number of benzene rings is 2. The van der Waals surface area contributed by atoms with Crippen LogP contribution in [0.5, 0.6) is 5.75 Å². The fourth-order valence-electron chi connectivity index (χ4n) is 3.06. The molecule has 1 fully saturated rings. The molecule has 0 saturated carbocycles. The molecule has 1 aliphatic rings. The van der Waals surface area contributed by atoms with Crippen molar-refractivity contribution >= 4 is 23.7 Å². The number of nitrogens with one attached hydrogen (secondary N) is 1. The van der Waals surface area contributed by atoms with Gasteiger partial charge in [-0.1, -0.05) is 23.7 Å². The zero-order valence-electron chi connectivity index (χ0n) is 16.0. The molecule has 7 heteroatoms. The minimum atomic E-state index is -0.101. The predicted molar refractivity (Wildman–Crippen MR) is 112 cm³/mol. The first-order chi connectivity index (χ1) is 13.6. The molecule has 28 heavy (non-hydrogen) atoms. The van der Waals surface area contributed by atoms with Crippen LogP contribution in [-0.2, 0) is 11.3 Å². The van der Waals surface area contributed by atoms with Crippen molar-refractivity contribution in [1.29, 1.82) is 0 Å². The lowest BCUT2D eigenvalue weighted by atomic mass is 10.2. The van der Waals surface area contributed by atoms with Gasteiger partial charge >= 0.3 is 0 Å². The minimum Gasteiger partial charge on any atom is -0.497 e. The number of hydrogen-bond donors (Lipinski definition) is 1. The SMILES string of the molecule is COc1ccc(C=NNC(=O)CN2CCN(Cc3ccc(Cl)cc3)CC2)cc1. The van der Waals surface area contributed by atoms with E-state index in [9.17, 15) is 4.79 Å². The van der Waals surface area contributed by atoms with Crippen molar-refractivity contribution in [2.45, 2.75) is 6.54 Å². The highest BCUT2D eigenvalue weighted by atomic mass is 35.5. The van der Waals surface area contributed by atoms with E-state index in [2.05, 4.69) is 32.5 Å². The van der Waals surface area contributed by atoms with Gasteiger partial charge in [0.05, 0.1) is 19.9 Å². The zero-order chi connectivity index (χ0) is 19.8. The fourth-order valence-corrected chi connectivity index (χ4v) is 3.19. The third kappa shape index (κ3) is 6.34. The van der Waals surface area contributed by atoms with Gasteiger partial charge in [-0.05, 0) is 47.5 Å². The van der Waals surface area contributed by atoms with Gasteiger partial charge in [-0.25, -0.2) is 5.43 Å². The summed E-state index contributed by atoms with van der Waals surface area (Å²) in [5, 5.41) is 4.79. The van der Waals surface area contributed by atoms with Crippen molar-refractivity contribution in [2.24, 2.45) is 5.10 Å². The van der Waals surface area contributed by atoms with E-state index in [-0.39, 0.29) is 5.91 Å². The normalized spacial score (nSPS) is 15.6. The number of hydrogen-bond acceptors (Lipinski definition) is 5. The highest BCUT2D eigenvalue weighted by Crippen LogP contribution is 2.13. The lowest BCUT2D eigenvalue weighted by Crippen LogP contribution is -2.48. The Balaban J connectivity index is 1.37. The van der Waals surface area contributed by atoms with E-state index in [0.717, 1.165) is 49.1 Å². The van der Waals surface area contributed by atoms with Gasteiger partial charge in [-0.2, -0.15) is 5.10 Å². The zero-order valence-corrected chi connectivity index (χ0v) is 16.7. The minimum absolute atomic E-state index is 0.101. The van der Waals surface area contributed by atoms with Crippen LogP contribution in [0.15, 0.2) is 53.6 Å². The second kappa shape index (κ2) is 10.2. The quantitative estimate of drug-likeness (QED) is 0.573. The van der Waals surface area contributed by atoms with Gasteiger partial charge in [0.15, 0.2) is 0 Å². The van der Waals surface area contributed by atoms with Crippen LogP contribution < -0.4 is 10.2 Å². The van der Waals surface area contributed by atoms with E-state index in [0.29, 0.717) is 6.54 Å². The number of hydrazone groups is 1. The molecule has 0 radical (unpaired) electrons. The van der Waals surface area contributed by atoms with E-state index in [1.54, 1.807) is 13.3 Å². The Labute approximate surface area is 170 Å². The van der Waals surface area contributed by atoms with E-state index in [1.807, 2.05) is 36.4 Å². The first-order valence-corrected chi connectivity index (χ1v) is 9.65. The number of halogens is 1. The van der Waals surface area contributed by atoms with Crippen molar-refractivity contribution in [2.75, 3.05) is 39.8 Å². The molecule has 148 valence electrons. The monoisotopic (exact) mass is 400 g/mol. The molecule has 1 heterocycles. The van der Waals surface area contributed by atoms with Crippen LogP contribution in [-0.4, -0.2) is 61.8 Å². The second-order valence-corrected chi connectivity index (χ2v) is 7.18. The van der Waals surface area contributed by atoms with Gasteiger partial charge in [0.25, 0.3) is 5.91 Å². The molecule has 6 nitrogen and oxygen atoms in total. The molecule has 0 bridgehead atoms. The van der Waals surface area contributed by atoms with Gasteiger partial charge in [-0.3, -0.25) is 14.6 Å². The van der Waals surface area contributed by atoms with Gasteiger partial charge in [-0.15, -0.1) is 0 Å². The summed E-state index contributed by atoms with van der Waals surface area (Å²) < 4.78 is 5.11. The van der Waals surface area contributed by atoms with Gasteiger partial charge in [0, 0.05) is 37.7 Å². The average Bonchev–Trinajstić information content (AvgIpc) is 2.72. The van der Waals surface area contributed by atoms with Crippen molar-refractivity contribution < 1.29 is 9.53 Å². The van der Waals surface area contributed by atoms with Crippen LogP contribution in [0.2, 0.25) is 5.02 Å². The molecule has 1 amide bonds. The Morgan fingerprint density at radius 3 is 2.36 bits per heavy atom. The smallest absolute Gasteiger partial charge is 0.254 e. The molecule has 1 N–H and O–H groups in total. The maximum absolute atomic E-state index is 12.1. The number of rotatable bonds is 7. The Morgan fingerprint density at radius 2 is 1.71 bits per heavy atom. The van der Waals surface area contributed by atoms with Crippen LogP contribution in [0, 0.1) is 0 Å². The Kier molecular flexibility index (Phi) is 7.42. The molecule has 2 aromatic rings. The van der Waals surface area contributed by atoms with Gasteiger partial charge in [0.2, 0.25) is 0 Å². The summed E-state index contributed by atoms with van der Waals surface area (Å²) in [6.07, 6.45) is 1.63. The van der Waals surface area contributed by atoms with Crippen LogP contribution in [0.25, 0.3) is 0 Å². The summed E-state index contributed by atoms with van der Waals surface area (Å²) in [5.41, 5.74) is 4.75. The molecule has 1 aliphatic heterocycles. The summed E-state index contributed by atoms with van der Waals surface area (Å²) in [4.78, 5) is 16.6. The van der Waals surface area contributed by atoms with E-state index in [4.69, 9.17) is 16.3 Å². The van der Waals surface area contributed by atoms with Crippen molar-refractivity contribution in [3.63, 3.8) is 0 Å². The summed E-state index contributed by atoms with van der Waals surface area (Å²) in [7, 11) is 1.63. The van der Waals surface area contributed by atoms with Crippen molar-refractivity contribution in [1.82, 2.24) is 15.2 Å². The number of piperazine rings is 1. The van der Waals surface area contributed by atoms with Crippen LogP contribution in [0.3, 0.4) is 0 Å². The van der Waals surface area contributed by atoms with Crippen LogP contribution in [0.4, 0.5) is 0 Å². The lowest BCUT2D eigenvalue weighted by molar-refractivity contribution is -0.122. The largest absolute Gasteiger partial charge is 0.497 e. The Morgan fingerprint density at radius 1 is 1.07 bits per heavy atom. The summed E-state index contributed by atoms with van der Waals surface area (Å²) in [6, 6.07) is 15.4. The molecule has 3 rings (SSSR count). The van der Waals surface area contributed by atoms with E-state index < -0.39 is 0 Å². The molecular formula is C21H25ClN4O2. The molecule has 0 unspecified atom stereocenters. The third-order valence-corrected chi connectivity index (χ3v) is 4.92. The number of carbonyl (C=O) groups is 1. The third-order valence-electron chi connectivity index (χ3n) is 4.67. The molecule has 2 aromatic carbocycles. The van der Waals surface area contributed by atoms with E-state index in [1.165, 1.54) is 5.56 Å². The highest BCUT2D eigenvalue weighted by Gasteiger charge is 2.18. The number of ether oxygens (including phenoxy) is 1. The number of carbonyl (C=O) groups excluding carboxylic acids is 1. The molecule has 0 aliphatic carbocycles. The number of methoxy groups -OCH3 is 1. The molecular weight excluding hydrogens is 376 g/mol. The summed E-state index contributed by atoms with van der Waals surface area (Å²) >= 11 is 5.93. The average molecular weight is 401 g/mol. The number of amides is 1. The van der Waals surface area contributed by atoms with Gasteiger partial charge < -0.3 is 4.74 Å². The van der Waals surface area contributed by atoms with Crippen LogP contribution >= 0.6 is 11.6 Å². The van der Waals surface area contributed by atoms with Crippen LogP contribution in [0.1, 0.15) is 11.1 Å². The summed E-state index contributed by atoms with van der Waals surface area (Å²) in [6.45, 7) is 4.86. The lowest BCUT2D eigenvalue weighted by Gasteiger charge is -2.34. The molecule has 1 saturated heterocycles. The predicted octanol–water partition coefficient (Wildman–Crippen LogP) is 2.62. The maximum atomic E-state index is 12.1. The number of nitrogens with zero attached hydrogens (tertiary/aromatic N) is 3. The first kappa shape index (κ1) is 20.3.